The molecule has 3 aromatic rings. The molecule has 3 aromatic carbocycles. The van der Waals surface area contributed by atoms with E-state index in [0.29, 0.717) is 13.2 Å². The zero-order valence-corrected chi connectivity index (χ0v) is 15.2. The van der Waals surface area contributed by atoms with Crippen LogP contribution in [-0.4, -0.2) is 19.1 Å². The molecule has 3 heteroatoms. The van der Waals surface area contributed by atoms with E-state index in [4.69, 9.17) is 4.74 Å². The zero-order valence-electron chi connectivity index (χ0n) is 15.2. The van der Waals surface area contributed by atoms with E-state index in [9.17, 15) is 4.79 Å². The average molecular weight is 347 g/mol. The van der Waals surface area contributed by atoms with Gasteiger partial charge in [0.1, 0.15) is 5.75 Å². The fourth-order valence-corrected chi connectivity index (χ4v) is 3.11. The second-order valence-corrected chi connectivity index (χ2v) is 6.47. The van der Waals surface area contributed by atoms with E-state index in [1.54, 1.807) is 6.92 Å². The number of amides is 1. The lowest BCUT2D eigenvalue weighted by atomic mass is 10.0. The molecule has 1 N–H and O–H groups in total. The molecule has 0 heterocycles. The van der Waals surface area contributed by atoms with Crippen molar-refractivity contribution >= 4 is 16.7 Å². The Kier molecular flexibility index (Phi) is 6.26. The third-order valence-electron chi connectivity index (χ3n) is 4.43. The van der Waals surface area contributed by atoms with E-state index >= 15 is 0 Å². The highest BCUT2D eigenvalue weighted by Gasteiger charge is 2.04. The van der Waals surface area contributed by atoms with Gasteiger partial charge in [0.25, 0.3) is 0 Å². The van der Waals surface area contributed by atoms with Crippen LogP contribution < -0.4 is 10.1 Å². The molecule has 0 atom stereocenters. The molecular formula is C23H25NO2. The predicted molar refractivity (Wildman–Crippen MR) is 107 cm³/mol. The topological polar surface area (TPSA) is 38.3 Å². The summed E-state index contributed by atoms with van der Waals surface area (Å²) < 4.78 is 5.96. The summed E-state index contributed by atoms with van der Waals surface area (Å²) >= 11 is 0. The Morgan fingerprint density at radius 1 is 0.962 bits per heavy atom. The molecule has 0 spiro atoms. The van der Waals surface area contributed by atoms with Gasteiger partial charge in [-0.2, -0.15) is 0 Å². The van der Waals surface area contributed by atoms with Crippen LogP contribution in [0.1, 0.15) is 24.5 Å². The fourth-order valence-electron chi connectivity index (χ4n) is 3.11. The minimum absolute atomic E-state index is 0.00711. The lowest BCUT2D eigenvalue weighted by molar-refractivity contribution is -0.118. The molecule has 134 valence electrons. The maximum Gasteiger partial charge on any atom is 0.216 e. The van der Waals surface area contributed by atoms with Crippen molar-refractivity contribution in [1.29, 1.82) is 0 Å². The van der Waals surface area contributed by atoms with Gasteiger partial charge in [0.15, 0.2) is 0 Å². The lowest BCUT2D eigenvalue weighted by Crippen LogP contribution is -2.22. The number of hydrogen-bond acceptors (Lipinski definition) is 2. The van der Waals surface area contributed by atoms with E-state index in [2.05, 4.69) is 59.9 Å². The van der Waals surface area contributed by atoms with Crippen LogP contribution in [0.25, 0.3) is 10.8 Å². The molecule has 0 saturated heterocycles. The molecule has 1 amide bonds. The molecule has 0 bridgehead atoms. The summed E-state index contributed by atoms with van der Waals surface area (Å²) in [6.45, 7) is 2.90. The van der Waals surface area contributed by atoms with Gasteiger partial charge in [-0.3, -0.25) is 4.79 Å². The van der Waals surface area contributed by atoms with Gasteiger partial charge in [0.05, 0.1) is 6.61 Å². The summed E-state index contributed by atoms with van der Waals surface area (Å²) in [7, 11) is 0. The largest absolute Gasteiger partial charge is 0.494 e. The first-order valence-corrected chi connectivity index (χ1v) is 9.15. The van der Waals surface area contributed by atoms with Gasteiger partial charge in [0.2, 0.25) is 5.91 Å². The summed E-state index contributed by atoms with van der Waals surface area (Å²) in [4.78, 5) is 11.1. The minimum atomic E-state index is 0.00711. The number of rotatable bonds is 8. The van der Waals surface area contributed by atoms with Crippen LogP contribution >= 0.6 is 0 Å². The standard InChI is InChI=1S/C23H25NO2/c1-18(25)24-15-14-21-11-5-10-20-12-13-22(17-23(20)21)26-16-6-9-19-7-3-2-4-8-19/h2-5,7-8,10-13,17H,6,9,14-16H2,1H3,(H,24,25). The van der Waals surface area contributed by atoms with Crippen LogP contribution in [0.5, 0.6) is 5.75 Å². The predicted octanol–water partition coefficient (Wildman–Crippen LogP) is 4.53. The first kappa shape index (κ1) is 18.0. The Balaban J connectivity index is 1.61. The Labute approximate surface area is 155 Å². The molecule has 3 nitrogen and oxygen atoms in total. The van der Waals surface area contributed by atoms with E-state index in [0.717, 1.165) is 25.0 Å². The van der Waals surface area contributed by atoms with Crippen molar-refractivity contribution < 1.29 is 9.53 Å². The van der Waals surface area contributed by atoms with Crippen LogP contribution in [0.15, 0.2) is 66.7 Å². The highest BCUT2D eigenvalue weighted by Crippen LogP contribution is 2.24. The zero-order chi connectivity index (χ0) is 18.2. The first-order chi connectivity index (χ1) is 12.7. The molecule has 0 fully saturated rings. The third-order valence-corrected chi connectivity index (χ3v) is 4.43. The second kappa shape index (κ2) is 9.04. The third kappa shape index (κ3) is 5.09. The summed E-state index contributed by atoms with van der Waals surface area (Å²) in [6.07, 6.45) is 2.83. The highest BCUT2D eigenvalue weighted by atomic mass is 16.5. The van der Waals surface area contributed by atoms with Crippen LogP contribution in [0.4, 0.5) is 0 Å². The lowest BCUT2D eigenvalue weighted by Gasteiger charge is -2.11. The SMILES string of the molecule is CC(=O)NCCc1cccc2ccc(OCCCc3ccccc3)cc12. The number of carbonyl (C=O) groups is 1. The number of benzene rings is 3. The van der Waals surface area contributed by atoms with Gasteiger partial charge in [0, 0.05) is 13.5 Å². The van der Waals surface area contributed by atoms with Crippen molar-refractivity contribution in [3.8, 4) is 5.75 Å². The maximum absolute atomic E-state index is 11.1. The Morgan fingerprint density at radius 2 is 1.81 bits per heavy atom. The number of hydrogen-bond donors (Lipinski definition) is 1. The molecule has 0 aliphatic carbocycles. The van der Waals surface area contributed by atoms with Crippen LogP contribution in [0.3, 0.4) is 0 Å². The minimum Gasteiger partial charge on any atom is -0.494 e. The molecule has 0 radical (unpaired) electrons. The Bertz CT molecular complexity index is 858. The van der Waals surface area contributed by atoms with Gasteiger partial charge in [-0.25, -0.2) is 0 Å². The summed E-state index contributed by atoms with van der Waals surface area (Å²) in [5.41, 5.74) is 2.57. The van der Waals surface area contributed by atoms with Gasteiger partial charge in [-0.1, -0.05) is 54.6 Å². The summed E-state index contributed by atoms with van der Waals surface area (Å²) in [5.74, 6) is 0.908. The number of fused-ring (bicyclic) bond motifs is 1. The quantitative estimate of drug-likeness (QED) is 0.608. The maximum atomic E-state index is 11.1. The van der Waals surface area contributed by atoms with Crippen molar-refractivity contribution in [2.45, 2.75) is 26.2 Å². The Morgan fingerprint density at radius 3 is 2.62 bits per heavy atom. The first-order valence-electron chi connectivity index (χ1n) is 9.15. The molecule has 0 unspecified atom stereocenters. The summed E-state index contributed by atoms with van der Waals surface area (Å²) in [5, 5.41) is 5.25. The normalized spacial score (nSPS) is 10.7. The smallest absolute Gasteiger partial charge is 0.216 e. The fraction of sp³-hybridized carbons (Fsp3) is 0.261. The molecule has 3 rings (SSSR count). The van der Waals surface area contributed by atoms with E-state index in [-0.39, 0.29) is 5.91 Å². The molecular weight excluding hydrogens is 322 g/mol. The number of ether oxygens (including phenoxy) is 1. The van der Waals surface area contributed by atoms with Gasteiger partial charge < -0.3 is 10.1 Å². The summed E-state index contributed by atoms with van der Waals surface area (Å²) in [6, 6.07) is 23.0. The molecule has 0 saturated carbocycles. The van der Waals surface area contributed by atoms with E-state index < -0.39 is 0 Å². The molecule has 0 aromatic heterocycles. The van der Waals surface area contributed by atoms with Crippen molar-refractivity contribution in [3.05, 3.63) is 77.9 Å². The van der Waals surface area contributed by atoms with Crippen molar-refractivity contribution in [2.75, 3.05) is 13.2 Å². The van der Waals surface area contributed by atoms with Gasteiger partial charge in [-0.15, -0.1) is 0 Å². The Hall–Kier alpha value is -2.81. The van der Waals surface area contributed by atoms with Crippen molar-refractivity contribution in [2.24, 2.45) is 0 Å². The van der Waals surface area contributed by atoms with Crippen molar-refractivity contribution in [1.82, 2.24) is 5.32 Å². The highest BCUT2D eigenvalue weighted by molar-refractivity contribution is 5.87. The van der Waals surface area contributed by atoms with Gasteiger partial charge in [-0.05, 0) is 53.3 Å². The van der Waals surface area contributed by atoms with Crippen LogP contribution in [0, 0.1) is 0 Å². The molecule has 0 aliphatic rings. The van der Waals surface area contributed by atoms with E-state index in [1.807, 2.05) is 12.1 Å². The number of aryl methyl sites for hydroxylation is 1. The van der Waals surface area contributed by atoms with Gasteiger partial charge >= 0.3 is 0 Å². The molecule has 26 heavy (non-hydrogen) atoms. The van der Waals surface area contributed by atoms with E-state index in [1.165, 1.54) is 21.9 Å². The monoisotopic (exact) mass is 347 g/mol. The van der Waals surface area contributed by atoms with Crippen LogP contribution in [0.2, 0.25) is 0 Å². The average Bonchev–Trinajstić information content (AvgIpc) is 2.66. The number of nitrogens with one attached hydrogen (secondary N) is 1. The van der Waals surface area contributed by atoms with Crippen LogP contribution in [-0.2, 0) is 17.6 Å². The number of carbonyl (C=O) groups excluding carboxylic acids is 1. The second-order valence-electron chi connectivity index (χ2n) is 6.47. The molecule has 0 aliphatic heterocycles. The van der Waals surface area contributed by atoms with Crippen molar-refractivity contribution in [3.63, 3.8) is 0 Å².